The number of benzene rings is 1. The third kappa shape index (κ3) is 4.86. The number of nitrogens with zero attached hydrogens (tertiary/aromatic N) is 3. The van der Waals surface area contributed by atoms with Crippen LogP contribution in [0.4, 0.5) is 0 Å². The maximum atomic E-state index is 4.49. The topological polar surface area (TPSA) is 41.0 Å². The third-order valence-electron chi connectivity index (χ3n) is 5.17. The second-order valence-corrected chi connectivity index (χ2v) is 7.39. The summed E-state index contributed by atoms with van der Waals surface area (Å²) in [7, 11) is 0. The molecule has 1 N–H and O–H groups in total. The molecule has 0 saturated carbocycles. The van der Waals surface area contributed by atoms with E-state index in [9.17, 15) is 0 Å². The van der Waals surface area contributed by atoms with Crippen molar-refractivity contribution in [1.82, 2.24) is 20.2 Å². The first kappa shape index (κ1) is 18.0. The van der Waals surface area contributed by atoms with Crippen molar-refractivity contribution in [3.63, 3.8) is 0 Å². The number of piperidine rings is 1. The summed E-state index contributed by atoms with van der Waals surface area (Å²) in [6, 6.07) is 9.73. The highest BCUT2D eigenvalue weighted by atomic mass is 15.1. The number of aryl methyl sites for hydroxylation is 3. The van der Waals surface area contributed by atoms with E-state index in [-0.39, 0.29) is 0 Å². The van der Waals surface area contributed by atoms with E-state index in [1.165, 1.54) is 29.5 Å². The Hall–Kier alpha value is -1.78. The van der Waals surface area contributed by atoms with Gasteiger partial charge in [0.1, 0.15) is 5.82 Å². The van der Waals surface area contributed by atoms with Gasteiger partial charge in [0, 0.05) is 36.1 Å². The van der Waals surface area contributed by atoms with Crippen LogP contribution >= 0.6 is 0 Å². The summed E-state index contributed by atoms with van der Waals surface area (Å²) in [6.45, 7) is 11.8. The SMILES string of the molecule is Cc1cccc(CN2CCC(N[C@@H](C)c3cnc(C)nc3C)CC2)c1. The Balaban J connectivity index is 1.50. The second-order valence-electron chi connectivity index (χ2n) is 7.39. The lowest BCUT2D eigenvalue weighted by atomic mass is 10.0. The molecule has 4 heteroatoms. The number of hydrogen-bond donors (Lipinski definition) is 1. The summed E-state index contributed by atoms with van der Waals surface area (Å²) >= 11 is 0. The average molecular weight is 338 g/mol. The van der Waals surface area contributed by atoms with Crippen LogP contribution in [-0.4, -0.2) is 34.0 Å². The fourth-order valence-electron chi connectivity index (χ4n) is 3.79. The Labute approximate surface area is 151 Å². The maximum Gasteiger partial charge on any atom is 0.125 e. The van der Waals surface area contributed by atoms with E-state index < -0.39 is 0 Å². The van der Waals surface area contributed by atoms with Gasteiger partial charge in [0.25, 0.3) is 0 Å². The van der Waals surface area contributed by atoms with E-state index in [1.54, 1.807) is 0 Å². The second kappa shape index (κ2) is 8.07. The van der Waals surface area contributed by atoms with Crippen LogP contribution in [0.1, 0.15) is 54.0 Å². The molecule has 0 amide bonds. The van der Waals surface area contributed by atoms with E-state index in [4.69, 9.17) is 0 Å². The van der Waals surface area contributed by atoms with Gasteiger partial charge in [0.2, 0.25) is 0 Å². The first-order valence-corrected chi connectivity index (χ1v) is 9.35. The van der Waals surface area contributed by atoms with E-state index in [0.29, 0.717) is 12.1 Å². The van der Waals surface area contributed by atoms with Gasteiger partial charge >= 0.3 is 0 Å². The molecule has 1 aliphatic heterocycles. The minimum atomic E-state index is 0.300. The highest BCUT2D eigenvalue weighted by Crippen LogP contribution is 2.20. The van der Waals surface area contributed by atoms with Crippen molar-refractivity contribution in [2.75, 3.05) is 13.1 Å². The molecule has 2 heterocycles. The zero-order chi connectivity index (χ0) is 17.8. The summed E-state index contributed by atoms with van der Waals surface area (Å²) in [5.74, 6) is 0.845. The van der Waals surface area contributed by atoms with Gasteiger partial charge in [-0.15, -0.1) is 0 Å². The minimum Gasteiger partial charge on any atom is -0.307 e. The smallest absolute Gasteiger partial charge is 0.125 e. The maximum absolute atomic E-state index is 4.49. The molecule has 0 unspecified atom stereocenters. The zero-order valence-electron chi connectivity index (χ0n) is 15.9. The number of likely N-dealkylation sites (tertiary alicyclic amines) is 1. The molecule has 1 aromatic heterocycles. The molecule has 0 aliphatic carbocycles. The molecule has 1 fully saturated rings. The minimum absolute atomic E-state index is 0.300. The highest BCUT2D eigenvalue weighted by molar-refractivity contribution is 5.22. The third-order valence-corrected chi connectivity index (χ3v) is 5.17. The summed E-state index contributed by atoms with van der Waals surface area (Å²) in [5, 5.41) is 3.78. The van der Waals surface area contributed by atoms with Gasteiger partial charge < -0.3 is 5.32 Å². The molecule has 0 spiro atoms. The zero-order valence-corrected chi connectivity index (χ0v) is 15.9. The van der Waals surface area contributed by atoms with Crippen molar-refractivity contribution >= 4 is 0 Å². The number of nitrogens with one attached hydrogen (secondary N) is 1. The Morgan fingerprint density at radius 3 is 2.64 bits per heavy atom. The molecule has 1 aliphatic rings. The van der Waals surface area contributed by atoms with Gasteiger partial charge in [-0.1, -0.05) is 29.8 Å². The quantitative estimate of drug-likeness (QED) is 0.902. The molecular formula is C21H30N4. The Morgan fingerprint density at radius 2 is 1.96 bits per heavy atom. The Kier molecular flexibility index (Phi) is 5.82. The van der Waals surface area contributed by atoms with Crippen LogP contribution in [0.3, 0.4) is 0 Å². The fraction of sp³-hybridized carbons (Fsp3) is 0.524. The summed E-state index contributed by atoms with van der Waals surface area (Å²) in [5.41, 5.74) is 5.07. The molecule has 1 atom stereocenters. The molecule has 25 heavy (non-hydrogen) atoms. The van der Waals surface area contributed by atoms with E-state index in [1.807, 2.05) is 13.1 Å². The van der Waals surface area contributed by atoms with E-state index >= 15 is 0 Å². The van der Waals surface area contributed by atoms with Crippen molar-refractivity contribution < 1.29 is 0 Å². The van der Waals surface area contributed by atoms with Crippen molar-refractivity contribution in [2.24, 2.45) is 0 Å². The number of rotatable bonds is 5. The summed E-state index contributed by atoms with van der Waals surface area (Å²) in [6.07, 6.45) is 4.37. The van der Waals surface area contributed by atoms with Gasteiger partial charge in [0.15, 0.2) is 0 Å². The molecule has 2 aromatic rings. The van der Waals surface area contributed by atoms with Gasteiger partial charge in [-0.3, -0.25) is 4.90 Å². The molecular weight excluding hydrogens is 308 g/mol. The molecule has 1 aromatic carbocycles. The van der Waals surface area contributed by atoms with E-state index in [2.05, 4.69) is 65.2 Å². The Morgan fingerprint density at radius 1 is 1.20 bits per heavy atom. The molecule has 134 valence electrons. The van der Waals surface area contributed by atoms with Gasteiger partial charge in [-0.25, -0.2) is 9.97 Å². The first-order chi connectivity index (χ1) is 12.0. The summed E-state index contributed by atoms with van der Waals surface area (Å²) in [4.78, 5) is 11.4. The monoisotopic (exact) mass is 338 g/mol. The van der Waals surface area contributed by atoms with E-state index in [0.717, 1.165) is 31.2 Å². The van der Waals surface area contributed by atoms with Crippen LogP contribution in [-0.2, 0) is 6.54 Å². The lowest BCUT2D eigenvalue weighted by Gasteiger charge is -2.34. The normalized spacial score (nSPS) is 17.6. The number of aromatic nitrogens is 2. The van der Waals surface area contributed by atoms with Crippen LogP contribution in [0.15, 0.2) is 30.5 Å². The first-order valence-electron chi connectivity index (χ1n) is 9.35. The standard InChI is InChI=1S/C21H30N4/c1-15-6-5-7-19(12-15)14-25-10-8-20(9-11-25)24-17(3)21-13-22-18(4)23-16(21)2/h5-7,12-13,17,20,24H,8-11,14H2,1-4H3/t17-/m0/s1. The summed E-state index contributed by atoms with van der Waals surface area (Å²) < 4.78 is 0. The molecule has 4 nitrogen and oxygen atoms in total. The van der Waals surface area contributed by atoms with Crippen LogP contribution in [0.5, 0.6) is 0 Å². The highest BCUT2D eigenvalue weighted by Gasteiger charge is 2.21. The lowest BCUT2D eigenvalue weighted by molar-refractivity contribution is 0.185. The van der Waals surface area contributed by atoms with Crippen LogP contribution in [0.2, 0.25) is 0 Å². The van der Waals surface area contributed by atoms with Gasteiger partial charge in [-0.05, 0) is 59.2 Å². The van der Waals surface area contributed by atoms with Gasteiger partial charge in [0.05, 0.1) is 0 Å². The Bertz CT molecular complexity index is 705. The molecule has 0 bridgehead atoms. The predicted molar refractivity (Wildman–Crippen MR) is 103 cm³/mol. The molecule has 0 radical (unpaired) electrons. The van der Waals surface area contributed by atoms with Crippen molar-refractivity contribution in [1.29, 1.82) is 0 Å². The molecule has 1 saturated heterocycles. The van der Waals surface area contributed by atoms with Crippen molar-refractivity contribution in [2.45, 2.75) is 59.2 Å². The molecule has 3 rings (SSSR count). The lowest BCUT2D eigenvalue weighted by Crippen LogP contribution is -2.43. The van der Waals surface area contributed by atoms with Crippen LogP contribution < -0.4 is 5.32 Å². The fourth-order valence-corrected chi connectivity index (χ4v) is 3.79. The number of hydrogen-bond acceptors (Lipinski definition) is 4. The van der Waals surface area contributed by atoms with Crippen LogP contribution in [0.25, 0.3) is 0 Å². The average Bonchev–Trinajstić information content (AvgIpc) is 2.56. The van der Waals surface area contributed by atoms with Crippen molar-refractivity contribution in [3.8, 4) is 0 Å². The van der Waals surface area contributed by atoms with Crippen LogP contribution in [0, 0.1) is 20.8 Å². The predicted octanol–water partition coefficient (Wildman–Crippen LogP) is 3.72. The van der Waals surface area contributed by atoms with Gasteiger partial charge in [-0.2, -0.15) is 0 Å². The van der Waals surface area contributed by atoms with Crippen molar-refractivity contribution in [3.05, 3.63) is 58.7 Å². The largest absolute Gasteiger partial charge is 0.307 e.